The first kappa shape index (κ1) is 16.7. The number of likely N-dealkylation sites (N-methyl/N-ethyl adjacent to an activating group) is 1. The van der Waals surface area contributed by atoms with Gasteiger partial charge in [0.15, 0.2) is 0 Å². The second-order valence-electron chi connectivity index (χ2n) is 5.24. The van der Waals surface area contributed by atoms with Crippen molar-refractivity contribution in [3.8, 4) is 0 Å². The molecule has 5 nitrogen and oxygen atoms in total. The van der Waals surface area contributed by atoms with Gasteiger partial charge < -0.3 is 4.74 Å². The van der Waals surface area contributed by atoms with Crippen LogP contribution in [-0.2, 0) is 14.8 Å². The summed E-state index contributed by atoms with van der Waals surface area (Å²) in [5.74, 6) is 0. The number of ether oxygens (including phenoxy) is 1. The first-order valence-electron chi connectivity index (χ1n) is 6.95. The first-order valence-corrected chi connectivity index (χ1v) is 8.77. The largest absolute Gasteiger partial charge is 0.379 e. The van der Waals surface area contributed by atoms with Crippen molar-refractivity contribution in [2.24, 2.45) is 0 Å². The van der Waals surface area contributed by atoms with Gasteiger partial charge in [0.25, 0.3) is 0 Å². The number of morpholine rings is 1. The lowest BCUT2D eigenvalue weighted by atomic mass is 10.3. The summed E-state index contributed by atoms with van der Waals surface area (Å²) in [6, 6.07) is 6.15. The average molecular weight is 333 g/mol. The van der Waals surface area contributed by atoms with Crippen LogP contribution in [0.25, 0.3) is 0 Å². The lowest BCUT2D eigenvalue weighted by Crippen LogP contribution is -2.46. The predicted molar refractivity (Wildman–Crippen MR) is 83.1 cm³/mol. The Hall–Kier alpha value is -0.660. The van der Waals surface area contributed by atoms with Gasteiger partial charge >= 0.3 is 0 Å². The van der Waals surface area contributed by atoms with Crippen molar-refractivity contribution in [1.29, 1.82) is 0 Å². The summed E-state index contributed by atoms with van der Waals surface area (Å²) in [6.45, 7) is 5.73. The van der Waals surface area contributed by atoms with Crippen LogP contribution < -0.4 is 0 Å². The molecule has 0 unspecified atom stereocenters. The topological polar surface area (TPSA) is 49.9 Å². The summed E-state index contributed by atoms with van der Waals surface area (Å²) in [5.41, 5.74) is 0. The van der Waals surface area contributed by atoms with Crippen molar-refractivity contribution < 1.29 is 13.2 Å². The van der Waals surface area contributed by atoms with E-state index in [0.717, 1.165) is 13.1 Å². The molecule has 0 N–H and O–H groups in total. The van der Waals surface area contributed by atoms with Crippen LogP contribution in [0.4, 0.5) is 0 Å². The third-order valence-corrected chi connectivity index (χ3v) is 5.98. The molecule has 1 saturated heterocycles. The lowest BCUT2D eigenvalue weighted by Gasteiger charge is -2.32. The Labute approximate surface area is 131 Å². The minimum absolute atomic E-state index is 0.108. The number of hydrogen-bond acceptors (Lipinski definition) is 4. The molecule has 0 amide bonds. The Kier molecular flexibility index (Phi) is 5.62. The first-order chi connectivity index (χ1) is 9.91. The molecule has 0 bridgehead atoms. The zero-order valence-corrected chi connectivity index (χ0v) is 13.9. The highest BCUT2D eigenvalue weighted by Gasteiger charge is 2.27. The van der Waals surface area contributed by atoms with Crippen molar-refractivity contribution >= 4 is 21.6 Å². The van der Waals surface area contributed by atoms with Gasteiger partial charge in [0.05, 0.1) is 18.1 Å². The number of rotatable bonds is 5. The fourth-order valence-electron chi connectivity index (χ4n) is 2.28. The van der Waals surface area contributed by atoms with Crippen molar-refractivity contribution in [2.75, 3.05) is 39.9 Å². The van der Waals surface area contributed by atoms with Gasteiger partial charge in [0.2, 0.25) is 10.0 Å². The van der Waals surface area contributed by atoms with Gasteiger partial charge in [-0.1, -0.05) is 11.6 Å². The second kappa shape index (κ2) is 7.07. The Morgan fingerprint density at radius 3 is 2.43 bits per heavy atom. The van der Waals surface area contributed by atoms with Crippen LogP contribution in [0.15, 0.2) is 29.2 Å². The maximum Gasteiger partial charge on any atom is 0.243 e. The maximum absolute atomic E-state index is 12.6. The van der Waals surface area contributed by atoms with E-state index < -0.39 is 10.0 Å². The van der Waals surface area contributed by atoms with Crippen LogP contribution in [0, 0.1) is 0 Å². The normalized spacial score (nSPS) is 18.9. The molecule has 0 aromatic heterocycles. The highest BCUT2D eigenvalue weighted by atomic mass is 35.5. The Morgan fingerprint density at radius 2 is 1.86 bits per heavy atom. The van der Waals surface area contributed by atoms with Crippen molar-refractivity contribution in [2.45, 2.75) is 17.9 Å². The van der Waals surface area contributed by atoms with Gasteiger partial charge in [-0.15, -0.1) is 0 Å². The molecule has 1 fully saturated rings. The zero-order valence-electron chi connectivity index (χ0n) is 12.3. The summed E-state index contributed by atoms with van der Waals surface area (Å²) in [4.78, 5) is 2.49. The van der Waals surface area contributed by atoms with E-state index in [4.69, 9.17) is 16.3 Å². The van der Waals surface area contributed by atoms with Crippen LogP contribution in [0.5, 0.6) is 0 Å². The van der Waals surface area contributed by atoms with Gasteiger partial charge in [-0.25, -0.2) is 8.42 Å². The minimum Gasteiger partial charge on any atom is -0.379 e. The Morgan fingerprint density at radius 1 is 1.29 bits per heavy atom. The molecule has 0 spiro atoms. The predicted octanol–water partition coefficient (Wildman–Crippen LogP) is 1.68. The molecule has 118 valence electrons. The Bertz CT molecular complexity index is 556. The molecule has 1 aliphatic heterocycles. The van der Waals surface area contributed by atoms with Crippen molar-refractivity contribution in [3.63, 3.8) is 0 Å². The highest BCUT2D eigenvalue weighted by Crippen LogP contribution is 2.19. The van der Waals surface area contributed by atoms with Crippen molar-refractivity contribution in [1.82, 2.24) is 9.21 Å². The summed E-state index contributed by atoms with van der Waals surface area (Å²) >= 11 is 5.81. The molecule has 1 atom stereocenters. The monoisotopic (exact) mass is 332 g/mol. The summed E-state index contributed by atoms with van der Waals surface area (Å²) in [7, 11) is -1.87. The number of halogens is 1. The van der Waals surface area contributed by atoms with Crippen LogP contribution in [0.1, 0.15) is 6.92 Å². The number of sulfonamides is 1. The van der Waals surface area contributed by atoms with E-state index in [1.165, 1.54) is 16.4 Å². The second-order valence-corrected chi connectivity index (χ2v) is 7.67. The van der Waals surface area contributed by atoms with Gasteiger partial charge in [-0.3, -0.25) is 4.90 Å². The zero-order chi connectivity index (χ0) is 15.5. The van der Waals surface area contributed by atoms with Crippen molar-refractivity contribution in [3.05, 3.63) is 29.3 Å². The van der Waals surface area contributed by atoms with Crippen LogP contribution in [0.3, 0.4) is 0 Å². The Balaban J connectivity index is 2.06. The van der Waals surface area contributed by atoms with E-state index in [9.17, 15) is 8.42 Å². The molecule has 0 radical (unpaired) electrons. The molecule has 0 aliphatic carbocycles. The summed E-state index contributed by atoms with van der Waals surface area (Å²) in [5, 5.41) is 0.526. The van der Waals surface area contributed by atoms with Crippen LogP contribution >= 0.6 is 11.6 Å². The van der Waals surface area contributed by atoms with E-state index in [2.05, 4.69) is 4.90 Å². The third kappa shape index (κ3) is 4.17. The molecule has 1 aromatic carbocycles. The number of nitrogens with zero attached hydrogens (tertiary/aromatic N) is 2. The highest BCUT2D eigenvalue weighted by molar-refractivity contribution is 7.89. The third-order valence-electron chi connectivity index (χ3n) is 3.74. The van der Waals surface area contributed by atoms with E-state index in [1.54, 1.807) is 19.2 Å². The lowest BCUT2D eigenvalue weighted by molar-refractivity contribution is 0.0314. The molecule has 1 aromatic rings. The fraction of sp³-hybridized carbons (Fsp3) is 0.571. The molecule has 1 aliphatic rings. The van der Waals surface area contributed by atoms with Crippen LogP contribution in [0.2, 0.25) is 5.02 Å². The minimum atomic E-state index is -3.49. The fourth-order valence-corrected chi connectivity index (χ4v) is 3.76. The van der Waals surface area contributed by atoms with E-state index >= 15 is 0 Å². The molecule has 21 heavy (non-hydrogen) atoms. The molecular formula is C14H21ClN2O3S. The maximum atomic E-state index is 12.6. The van der Waals surface area contributed by atoms with Gasteiger partial charge in [-0.2, -0.15) is 4.31 Å². The standard InChI is InChI=1S/C14H21ClN2O3S/c1-12(11-17-7-9-20-10-8-17)16(2)21(18,19)14-5-3-13(15)4-6-14/h3-6,12H,7-11H2,1-2H3/t12-/m0/s1. The molecular weight excluding hydrogens is 312 g/mol. The SMILES string of the molecule is C[C@@H](CN1CCOCC1)N(C)S(=O)(=O)c1ccc(Cl)cc1. The van der Waals surface area contributed by atoms with E-state index in [1.807, 2.05) is 6.92 Å². The van der Waals surface area contributed by atoms with Crippen LogP contribution in [-0.4, -0.2) is 63.6 Å². The summed E-state index contributed by atoms with van der Waals surface area (Å²) < 4.78 is 31.9. The quantitative estimate of drug-likeness (QED) is 0.823. The smallest absolute Gasteiger partial charge is 0.243 e. The number of hydrogen-bond donors (Lipinski definition) is 0. The van der Waals surface area contributed by atoms with Gasteiger partial charge in [0.1, 0.15) is 0 Å². The molecule has 2 rings (SSSR count). The van der Waals surface area contributed by atoms with Gasteiger partial charge in [-0.05, 0) is 31.2 Å². The molecule has 0 saturated carbocycles. The van der Waals surface area contributed by atoms with Gasteiger partial charge in [0, 0.05) is 37.7 Å². The number of benzene rings is 1. The van der Waals surface area contributed by atoms with E-state index in [0.29, 0.717) is 24.8 Å². The molecule has 1 heterocycles. The average Bonchev–Trinajstić information content (AvgIpc) is 2.48. The molecule has 7 heteroatoms. The van der Waals surface area contributed by atoms with E-state index in [-0.39, 0.29) is 10.9 Å². The summed E-state index contributed by atoms with van der Waals surface area (Å²) in [6.07, 6.45) is 0.